The van der Waals surface area contributed by atoms with Gasteiger partial charge in [0.15, 0.2) is 16.6 Å². The van der Waals surface area contributed by atoms with Crippen LogP contribution in [-0.4, -0.2) is 28.1 Å². The van der Waals surface area contributed by atoms with Crippen LogP contribution in [0.1, 0.15) is 19.4 Å². The number of rotatable bonds is 8. The van der Waals surface area contributed by atoms with Gasteiger partial charge in [-0.2, -0.15) is 5.10 Å². The molecule has 2 N–H and O–H groups in total. The third-order valence-electron chi connectivity index (χ3n) is 4.02. The maximum Gasteiger partial charge on any atom is 0.175 e. The normalized spacial score (nSPS) is 10.5. The molecule has 0 saturated heterocycles. The van der Waals surface area contributed by atoms with Gasteiger partial charge in [0.05, 0.1) is 41.7 Å². The van der Waals surface area contributed by atoms with Crippen molar-refractivity contribution in [2.24, 2.45) is 0 Å². The van der Waals surface area contributed by atoms with Crippen molar-refractivity contribution in [2.45, 2.75) is 20.4 Å². The van der Waals surface area contributed by atoms with Crippen LogP contribution in [0.15, 0.2) is 48.8 Å². The van der Waals surface area contributed by atoms with Gasteiger partial charge < -0.3 is 20.1 Å². The SMILES string of the molecule is CCOc1ccc(Cn2cc(NC(=S)Nc3ccc(Cl)c(Cl)c3)cn2)cc1OCC. The van der Waals surface area contributed by atoms with Crippen molar-refractivity contribution >= 4 is 51.9 Å². The molecule has 0 saturated carbocycles. The molecule has 0 bridgehead atoms. The predicted molar refractivity (Wildman–Crippen MR) is 126 cm³/mol. The first-order chi connectivity index (χ1) is 14.5. The number of ether oxygens (including phenoxy) is 2. The predicted octanol–water partition coefficient (Wildman–Crippen LogP) is 5.84. The molecule has 158 valence electrons. The van der Waals surface area contributed by atoms with Gasteiger partial charge in [0.1, 0.15) is 0 Å². The molecule has 0 aliphatic heterocycles. The summed E-state index contributed by atoms with van der Waals surface area (Å²) in [6.07, 6.45) is 3.58. The molecule has 0 radical (unpaired) electrons. The highest BCUT2D eigenvalue weighted by Crippen LogP contribution is 2.29. The van der Waals surface area contributed by atoms with E-state index in [1.165, 1.54) is 0 Å². The van der Waals surface area contributed by atoms with Crippen molar-refractivity contribution in [1.29, 1.82) is 0 Å². The van der Waals surface area contributed by atoms with Crippen LogP contribution in [0, 0.1) is 0 Å². The van der Waals surface area contributed by atoms with Gasteiger partial charge in [-0.25, -0.2) is 0 Å². The summed E-state index contributed by atoms with van der Waals surface area (Å²) in [4.78, 5) is 0. The van der Waals surface area contributed by atoms with E-state index in [2.05, 4.69) is 15.7 Å². The third-order valence-corrected chi connectivity index (χ3v) is 4.96. The Kier molecular flexibility index (Phi) is 7.79. The molecular weight excluding hydrogens is 443 g/mol. The zero-order valence-corrected chi connectivity index (χ0v) is 18.9. The molecule has 0 unspecified atom stereocenters. The number of nitrogens with one attached hydrogen (secondary N) is 2. The number of halogens is 2. The van der Waals surface area contributed by atoms with Gasteiger partial charge in [0.2, 0.25) is 0 Å². The van der Waals surface area contributed by atoms with E-state index in [9.17, 15) is 0 Å². The molecular formula is C21H22Cl2N4O2S. The summed E-state index contributed by atoms with van der Waals surface area (Å²) in [5.41, 5.74) is 2.56. The number of hydrogen-bond donors (Lipinski definition) is 2. The number of anilines is 2. The zero-order chi connectivity index (χ0) is 21.5. The average molecular weight is 465 g/mol. The van der Waals surface area contributed by atoms with Crippen LogP contribution >= 0.6 is 35.4 Å². The Balaban J connectivity index is 1.62. The number of nitrogens with zero attached hydrogens (tertiary/aromatic N) is 2. The lowest BCUT2D eigenvalue weighted by molar-refractivity contribution is 0.287. The van der Waals surface area contributed by atoms with E-state index in [1.54, 1.807) is 24.4 Å². The van der Waals surface area contributed by atoms with Crippen LogP contribution in [0.4, 0.5) is 11.4 Å². The van der Waals surface area contributed by atoms with Gasteiger partial charge in [0.25, 0.3) is 0 Å². The molecule has 30 heavy (non-hydrogen) atoms. The second-order valence-corrected chi connectivity index (χ2v) is 7.50. The van der Waals surface area contributed by atoms with E-state index >= 15 is 0 Å². The smallest absolute Gasteiger partial charge is 0.175 e. The quantitative estimate of drug-likeness (QED) is 0.408. The second kappa shape index (κ2) is 10.5. The summed E-state index contributed by atoms with van der Waals surface area (Å²) >= 11 is 17.3. The van der Waals surface area contributed by atoms with Gasteiger partial charge in [-0.15, -0.1) is 0 Å². The topological polar surface area (TPSA) is 60.3 Å². The van der Waals surface area contributed by atoms with Crippen LogP contribution in [0.2, 0.25) is 10.0 Å². The van der Waals surface area contributed by atoms with Crippen molar-refractivity contribution < 1.29 is 9.47 Å². The maximum absolute atomic E-state index is 6.03. The van der Waals surface area contributed by atoms with Crippen molar-refractivity contribution in [3.8, 4) is 11.5 Å². The molecule has 0 spiro atoms. The van der Waals surface area contributed by atoms with E-state index in [0.717, 1.165) is 28.4 Å². The Hall–Kier alpha value is -2.48. The summed E-state index contributed by atoms with van der Waals surface area (Å²) < 4.78 is 13.1. The molecule has 0 fully saturated rings. The molecule has 0 amide bonds. The molecule has 3 rings (SSSR count). The molecule has 0 aliphatic rings. The average Bonchev–Trinajstić information content (AvgIpc) is 3.13. The molecule has 3 aromatic rings. The monoisotopic (exact) mass is 464 g/mol. The van der Waals surface area contributed by atoms with Crippen molar-refractivity contribution in [3.63, 3.8) is 0 Å². The van der Waals surface area contributed by atoms with Gasteiger partial charge in [-0.1, -0.05) is 29.3 Å². The highest BCUT2D eigenvalue weighted by atomic mass is 35.5. The zero-order valence-electron chi connectivity index (χ0n) is 16.6. The van der Waals surface area contributed by atoms with Crippen molar-refractivity contribution in [2.75, 3.05) is 23.8 Å². The van der Waals surface area contributed by atoms with E-state index in [1.807, 2.05) is 42.9 Å². The number of hydrogen-bond acceptors (Lipinski definition) is 4. The summed E-state index contributed by atoms with van der Waals surface area (Å²) in [6, 6.07) is 11.1. The Labute approximate surface area is 191 Å². The number of thiocarbonyl (C=S) groups is 1. The molecule has 2 aromatic carbocycles. The second-order valence-electron chi connectivity index (χ2n) is 6.28. The lowest BCUT2D eigenvalue weighted by Gasteiger charge is -2.12. The van der Waals surface area contributed by atoms with Crippen molar-refractivity contribution in [1.82, 2.24) is 9.78 Å². The summed E-state index contributed by atoms with van der Waals surface area (Å²) in [7, 11) is 0. The fourth-order valence-electron chi connectivity index (χ4n) is 2.76. The molecule has 6 nitrogen and oxygen atoms in total. The lowest BCUT2D eigenvalue weighted by atomic mass is 10.2. The molecule has 1 heterocycles. The minimum Gasteiger partial charge on any atom is -0.490 e. The highest BCUT2D eigenvalue weighted by Gasteiger charge is 2.08. The largest absolute Gasteiger partial charge is 0.490 e. The first kappa shape index (κ1) is 22.2. The Morgan fingerprint density at radius 2 is 1.70 bits per heavy atom. The fourth-order valence-corrected chi connectivity index (χ4v) is 3.30. The first-order valence-electron chi connectivity index (χ1n) is 9.42. The fraction of sp³-hybridized carbons (Fsp3) is 0.238. The van der Waals surface area contributed by atoms with Gasteiger partial charge in [-0.05, 0) is 62.0 Å². The van der Waals surface area contributed by atoms with E-state index in [0.29, 0.717) is 34.9 Å². The first-order valence-corrected chi connectivity index (χ1v) is 10.6. The third kappa shape index (κ3) is 6.01. The van der Waals surface area contributed by atoms with Gasteiger partial charge in [-0.3, -0.25) is 4.68 Å². The van der Waals surface area contributed by atoms with E-state index in [-0.39, 0.29) is 0 Å². The Morgan fingerprint density at radius 3 is 2.43 bits per heavy atom. The number of aromatic nitrogens is 2. The molecule has 9 heteroatoms. The van der Waals surface area contributed by atoms with Crippen molar-refractivity contribution in [3.05, 3.63) is 64.4 Å². The maximum atomic E-state index is 6.03. The Morgan fingerprint density at radius 1 is 0.967 bits per heavy atom. The minimum atomic E-state index is 0.424. The van der Waals surface area contributed by atoms with Crippen LogP contribution in [0.3, 0.4) is 0 Å². The van der Waals surface area contributed by atoms with Crippen LogP contribution in [0.25, 0.3) is 0 Å². The van der Waals surface area contributed by atoms with Crippen LogP contribution < -0.4 is 20.1 Å². The summed E-state index contributed by atoms with van der Waals surface area (Å²) in [5, 5.41) is 11.9. The molecule has 0 atom stereocenters. The summed E-state index contributed by atoms with van der Waals surface area (Å²) in [5.74, 6) is 1.47. The van der Waals surface area contributed by atoms with E-state index < -0.39 is 0 Å². The van der Waals surface area contributed by atoms with E-state index in [4.69, 9.17) is 44.9 Å². The van der Waals surface area contributed by atoms with Crippen LogP contribution in [-0.2, 0) is 6.54 Å². The van der Waals surface area contributed by atoms with Gasteiger partial charge in [0, 0.05) is 11.9 Å². The highest BCUT2D eigenvalue weighted by molar-refractivity contribution is 7.80. The summed E-state index contributed by atoms with van der Waals surface area (Å²) in [6.45, 7) is 5.64. The molecule has 0 aliphatic carbocycles. The van der Waals surface area contributed by atoms with Crippen LogP contribution in [0.5, 0.6) is 11.5 Å². The standard InChI is InChI=1S/C21H22Cl2N4O2S/c1-3-28-19-8-5-14(9-20(19)29-4-2)12-27-13-16(11-24-27)26-21(30)25-15-6-7-17(22)18(23)10-15/h5-11,13H,3-4,12H2,1-2H3,(H2,25,26,30). The Bertz CT molecular complexity index is 1030. The lowest BCUT2D eigenvalue weighted by Crippen LogP contribution is -2.18. The number of benzene rings is 2. The molecule has 1 aromatic heterocycles. The minimum absolute atomic E-state index is 0.424. The van der Waals surface area contributed by atoms with Gasteiger partial charge >= 0.3 is 0 Å².